The van der Waals surface area contributed by atoms with E-state index in [9.17, 15) is 4.39 Å². The largest absolute Gasteiger partial charge is 0.373 e. The van der Waals surface area contributed by atoms with Crippen molar-refractivity contribution < 1.29 is 9.13 Å². The van der Waals surface area contributed by atoms with Gasteiger partial charge in [0, 0.05) is 28.9 Å². The van der Waals surface area contributed by atoms with Crippen molar-refractivity contribution in [2.75, 3.05) is 0 Å². The van der Waals surface area contributed by atoms with Crippen molar-refractivity contribution in [2.45, 2.75) is 39.9 Å². The van der Waals surface area contributed by atoms with Crippen molar-refractivity contribution in [1.82, 2.24) is 14.8 Å². The van der Waals surface area contributed by atoms with E-state index in [1.165, 1.54) is 6.07 Å². The predicted molar refractivity (Wildman–Crippen MR) is 99.2 cm³/mol. The summed E-state index contributed by atoms with van der Waals surface area (Å²) in [5, 5.41) is 4.93. The van der Waals surface area contributed by atoms with Crippen LogP contribution in [0.2, 0.25) is 5.02 Å². The second-order valence-corrected chi connectivity index (χ2v) is 7.16. The maximum atomic E-state index is 13.6. The maximum absolute atomic E-state index is 13.6. The lowest BCUT2D eigenvalue weighted by atomic mass is 10.0. The van der Waals surface area contributed by atoms with Crippen LogP contribution in [0.15, 0.2) is 30.3 Å². The van der Waals surface area contributed by atoms with E-state index in [2.05, 4.69) is 4.98 Å². The Morgan fingerprint density at radius 2 is 1.92 bits per heavy atom. The number of pyridine rings is 1. The molecule has 1 aromatic carbocycles. The van der Waals surface area contributed by atoms with Gasteiger partial charge < -0.3 is 4.74 Å². The minimum absolute atomic E-state index is 0.0870. The molecule has 4 rings (SSSR count). The summed E-state index contributed by atoms with van der Waals surface area (Å²) in [5.41, 5.74) is 6.66. The van der Waals surface area contributed by atoms with Gasteiger partial charge in [-0.05, 0) is 51.1 Å². The van der Waals surface area contributed by atoms with Crippen LogP contribution in [0, 0.1) is 19.7 Å². The summed E-state index contributed by atoms with van der Waals surface area (Å²) in [5.74, 6) is -0.436. The van der Waals surface area contributed by atoms with E-state index in [0.717, 1.165) is 46.0 Å². The summed E-state index contributed by atoms with van der Waals surface area (Å²) in [6, 6.07) is 8.72. The number of hydrogen-bond acceptors (Lipinski definition) is 3. The Kier molecular flexibility index (Phi) is 4.29. The van der Waals surface area contributed by atoms with Crippen LogP contribution in [0.5, 0.6) is 0 Å². The number of rotatable bonds is 2. The average Bonchev–Trinajstić information content (AvgIpc) is 2.95. The van der Waals surface area contributed by atoms with Gasteiger partial charge in [0.2, 0.25) is 0 Å². The number of benzene rings is 1. The Hall–Kier alpha value is -2.24. The summed E-state index contributed by atoms with van der Waals surface area (Å²) in [7, 11) is 0. The molecule has 0 spiro atoms. The van der Waals surface area contributed by atoms with Crippen molar-refractivity contribution in [3.05, 3.63) is 63.8 Å². The van der Waals surface area contributed by atoms with Gasteiger partial charge in [-0.3, -0.25) is 4.98 Å². The number of aryl methyl sites for hydroxylation is 2. The van der Waals surface area contributed by atoms with Crippen LogP contribution in [0.1, 0.15) is 29.6 Å². The van der Waals surface area contributed by atoms with E-state index in [1.807, 2.05) is 37.6 Å². The molecule has 0 N–H and O–H groups in total. The molecule has 26 heavy (non-hydrogen) atoms. The number of hydrogen-bond donors (Lipinski definition) is 0. The molecule has 134 valence electrons. The number of nitrogens with zero attached hydrogens (tertiary/aromatic N) is 3. The first kappa shape index (κ1) is 17.2. The zero-order valence-corrected chi connectivity index (χ0v) is 15.6. The first-order valence-electron chi connectivity index (χ1n) is 8.56. The third-order valence-electron chi connectivity index (χ3n) is 4.59. The van der Waals surface area contributed by atoms with Gasteiger partial charge in [0.1, 0.15) is 5.82 Å². The van der Waals surface area contributed by atoms with Crippen LogP contribution >= 0.6 is 11.6 Å². The molecule has 0 unspecified atom stereocenters. The summed E-state index contributed by atoms with van der Waals surface area (Å²) >= 11 is 5.99. The molecule has 0 saturated carbocycles. The zero-order chi connectivity index (χ0) is 18.4. The summed E-state index contributed by atoms with van der Waals surface area (Å²) in [4.78, 5) is 4.45. The monoisotopic (exact) mass is 371 g/mol. The van der Waals surface area contributed by atoms with E-state index in [1.54, 1.807) is 12.1 Å². The normalized spacial score (nSPS) is 16.6. The first-order chi connectivity index (χ1) is 12.4. The van der Waals surface area contributed by atoms with Crippen molar-refractivity contribution in [1.29, 1.82) is 0 Å². The van der Waals surface area contributed by atoms with Gasteiger partial charge in [-0.25, -0.2) is 9.07 Å². The molecule has 3 aromatic rings. The summed E-state index contributed by atoms with van der Waals surface area (Å²) in [6.45, 7) is 6.48. The van der Waals surface area contributed by atoms with Crippen LogP contribution in [-0.2, 0) is 17.8 Å². The lowest BCUT2D eigenvalue weighted by molar-refractivity contribution is 0.0401. The third kappa shape index (κ3) is 3.02. The zero-order valence-electron chi connectivity index (χ0n) is 14.9. The van der Waals surface area contributed by atoms with Gasteiger partial charge in [0.15, 0.2) is 0 Å². The van der Waals surface area contributed by atoms with E-state index in [4.69, 9.17) is 21.4 Å². The molecule has 2 aromatic heterocycles. The number of ether oxygens (including phenoxy) is 1. The van der Waals surface area contributed by atoms with Crippen LogP contribution in [0.3, 0.4) is 0 Å². The molecule has 0 radical (unpaired) electrons. The fourth-order valence-corrected chi connectivity index (χ4v) is 3.61. The van der Waals surface area contributed by atoms with Crippen LogP contribution in [0.25, 0.3) is 16.9 Å². The lowest BCUT2D eigenvalue weighted by Gasteiger charge is -2.21. The van der Waals surface area contributed by atoms with Gasteiger partial charge >= 0.3 is 0 Å². The fraction of sp³-hybridized carbons (Fsp3) is 0.300. The molecule has 0 saturated heterocycles. The Labute approximate surface area is 156 Å². The minimum Gasteiger partial charge on any atom is -0.373 e. The smallest absolute Gasteiger partial charge is 0.141 e. The lowest BCUT2D eigenvalue weighted by Crippen LogP contribution is -2.21. The Bertz CT molecular complexity index is 979. The van der Waals surface area contributed by atoms with Crippen molar-refractivity contribution >= 4 is 11.6 Å². The quantitative estimate of drug-likeness (QED) is 0.649. The minimum atomic E-state index is -0.436. The average molecular weight is 372 g/mol. The van der Waals surface area contributed by atoms with Gasteiger partial charge in [-0.1, -0.05) is 11.6 Å². The Morgan fingerprint density at radius 3 is 2.62 bits per heavy atom. The van der Waals surface area contributed by atoms with Crippen LogP contribution in [0.4, 0.5) is 4.39 Å². The molecule has 0 amide bonds. The highest BCUT2D eigenvalue weighted by Crippen LogP contribution is 2.33. The Morgan fingerprint density at radius 1 is 1.19 bits per heavy atom. The number of fused-ring (bicyclic) bond motifs is 1. The van der Waals surface area contributed by atoms with Crippen molar-refractivity contribution in [3.8, 4) is 16.9 Å². The third-order valence-corrected chi connectivity index (χ3v) is 4.88. The Balaban J connectivity index is 1.92. The first-order valence-corrected chi connectivity index (χ1v) is 8.93. The molecular weight excluding hydrogens is 353 g/mol. The standard InChI is InChI=1S/C20H19ClFN3O/c1-11-6-14(7-12(2)23-11)20-16-10-26-13(3)8-19(16)25(24-20)15-4-5-18(22)17(21)9-15/h4-7,9,13H,8,10H2,1-3H3/t13-/m0/s1. The SMILES string of the molecule is Cc1cc(-c2nn(-c3ccc(F)c(Cl)c3)c3c2CO[C@@H](C)C3)cc(C)n1. The number of halogens is 2. The van der Waals surface area contributed by atoms with Gasteiger partial charge in [0.25, 0.3) is 0 Å². The van der Waals surface area contributed by atoms with E-state index in [0.29, 0.717) is 6.61 Å². The molecule has 0 fully saturated rings. The fourth-order valence-electron chi connectivity index (χ4n) is 3.44. The molecule has 1 atom stereocenters. The maximum Gasteiger partial charge on any atom is 0.141 e. The molecule has 6 heteroatoms. The molecule has 1 aliphatic rings. The highest BCUT2D eigenvalue weighted by Gasteiger charge is 2.26. The highest BCUT2D eigenvalue weighted by atomic mass is 35.5. The number of aromatic nitrogens is 3. The van der Waals surface area contributed by atoms with Crippen molar-refractivity contribution in [3.63, 3.8) is 0 Å². The van der Waals surface area contributed by atoms with E-state index < -0.39 is 5.82 Å². The molecule has 0 aliphatic carbocycles. The van der Waals surface area contributed by atoms with Crippen LogP contribution in [-0.4, -0.2) is 20.9 Å². The van der Waals surface area contributed by atoms with Gasteiger partial charge in [-0.2, -0.15) is 5.10 Å². The molecular formula is C20H19ClFN3O. The van der Waals surface area contributed by atoms with E-state index in [-0.39, 0.29) is 11.1 Å². The molecule has 3 heterocycles. The second-order valence-electron chi connectivity index (χ2n) is 6.75. The van der Waals surface area contributed by atoms with Crippen molar-refractivity contribution in [2.24, 2.45) is 0 Å². The summed E-state index contributed by atoms with van der Waals surface area (Å²) < 4.78 is 21.3. The predicted octanol–water partition coefficient (Wildman–Crippen LogP) is 4.80. The molecule has 0 bridgehead atoms. The molecule has 1 aliphatic heterocycles. The van der Waals surface area contributed by atoms with Crippen LogP contribution < -0.4 is 0 Å². The van der Waals surface area contributed by atoms with Gasteiger partial charge in [0.05, 0.1) is 34.8 Å². The molecule has 4 nitrogen and oxygen atoms in total. The highest BCUT2D eigenvalue weighted by molar-refractivity contribution is 6.30. The van der Waals surface area contributed by atoms with Gasteiger partial charge in [-0.15, -0.1) is 0 Å². The topological polar surface area (TPSA) is 39.9 Å². The summed E-state index contributed by atoms with van der Waals surface area (Å²) in [6.07, 6.45) is 0.836. The second kappa shape index (κ2) is 6.49. The van der Waals surface area contributed by atoms with E-state index >= 15 is 0 Å².